The first-order valence-corrected chi connectivity index (χ1v) is 15.7. The largest absolute Gasteiger partial charge is 0.385 e. The monoisotopic (exact) mass is 630 g/mol. The Morgan fingerprint density at radius 1 is 0.500 bits per heavy atom. The summed E-state index contributed by atoms with van der Waals surface area (Å²) in [5.74, 6) is 0.840. The second kappa shape index (κ2) is 47.2. The normalized spacial score (nSPS) is 9.27. The van der Waals surface area contributed by atoms with Crippen molar-refractivity contribution in [1.82, 2.24) is 46.2 Å². The molecular weight excluding hydrogens is 558 g/mol. The molecule has 3 N–H and O–H groups in total. The van der Waals surface area contributed by atoms with Crippen LogP contribution < -0.4 is 0 Å². The van der Waals surface area contributed by atoms with Crippen molar-refractivity contribution in [3.63, 3.8) is 0 Å². The van der Waals surface area contributed by atoms with Crippen LogP contribution in [0.1, 0.15) is 121 Å². The van der Waals surface area contributed by atoms with Gasteiger partial charge < -0.3 is 14.2 Å². The second-order valence-electron chi connectivity index (χ2n) is 9.59. The van der Waals surface area contributed by atoms with Crippen molar-refractivity contribution in [3.8, 4) is 0 Å². The molecule has 0 atom stereocenters. The number of hydrogen-bond acceptors (Lipinski definition) is 9. The number of hydrogen-bond donors (Lipinski definition) is 3. The minimum absolute atomic E-state index is 0. The number of nitrogens with zero attached hydrogens (tertiary/aromatic N) is 6. The van der Waals surface area contributed by atoms with E-state index in [4.69, 9.17) is 14.2 Å². The lowest BCUT2D eigenvalue weighted by molar-refractivity contribution is 0.162. The van der Waals surface area contributed by atoms with E-state index in [1.54, 1.807) is 58.5 Å². The van der Waals surface area contributed by atoms with Crippen LogP contribution in [0.5, 0.6) is 0 Å². The molecule has 3 aromatic heterocycles. The predicted octanol–water partition coefficient (Wildman–Crippen LogP) is 8.21. The highest BCUT2D eigenvalue weighted by molar-refractivity contribution is 4.77. The Bertz CT molecular complexity index is 573. The molecule has 0 aliphatic carbocycles. The molecule has 44 heavy (non-hydrogen) atoms. The Kier molecular flexibility index (Phi) is 54.6. The van der Waals surface area contributed by atoms with E-state index in [2.05, 4.69) is 102 Å². The van der Waals surface area contributed by atoms with Crippen molar-refractivity contribution in [2.75, 3.05) is 41.2 Å². The maximum Gasteiger partial charge on any atom is 0.0690 e. The van der Waals surface area contributed by atoms with Crippen molar-refractivity contribution in [3.05, 3.63) is 37.2 Å². The van der Waals surface area contributed by atoms with Crippen molar-refractivity contribution in [2.24, 2.45) is 11.3 Å². The van der Waals surface area contributed by atoms with Crippen LogP contribution in [0.2, 0.25) is 0 Å². The zero-order chi connectivity index (χ0) is 33.3. The summed E-state index contributed by atoms with van der Waals surface area (Å²) < 4.78 is 14.3. The van der Waals surface area contributed by atoms with Crippen molar-refractivity contribution < 1.29 is 14.2 Å². The maximum absolute atomic E-state index is 4.78. The van der Waals surface area contributed by atoms with Crippen LogP contribution in [0.25, 0.3) is 0 Å². The van der Waals surface area contributed by atoms with Gasteiger partial charge in [-0.05, 0) is 30.6 Å². The average Bonchev–Trinajstić information content (AvgIpc) is 3.87. The number of H-pyrrole nitrogens is 3. The number of methoxy groups -OCH3 is 3. The maximum atomic E-state index is 4.78. The van der Waals surface area contributed by atoms with E-state index in [1.807, 2.05) is 0 Å². The molecule has 0 bridgehead atoms. The quantitative estimate of drug-likeness (QED) is 0.159. The van der Waals surface area contributed by atoms with Gasteiger partial charge >= 0.3 is 0 Å². The molecule has 0 fully saturated rings. The van der Waals surface area contributed by atoms with Crippen LogP contribution in [0.15, 0.2) is 37.2 Å². The van der Waals surface area contributed by atoms with Gasteiger partial charge in [-0.3, -0.25) is 0 Å². The molecule has 262 valence electrons. The average molecular weight is 630 g/mol. The first kappa shape index (κ1) is 50.9. The van der Waals surface area contributed by atoms with Crippen LogP contribution in [-0.4, -0.2) is 87.4 Å². The molecule has 3 heterocycles. The topological polar surface area (TPSA) is 152 Å². The molecule has 0 amide bonds. The molecule has 0 unspecified atom stereocenters. The van der Waals surface area contributed by atoms with Gasteiger partial charge in [-0.2, -0.15) is 46.2 Å². The van der Waals surface area contributed by atoms with Gasteiger partial charge in [0.05, 0.1) is 37.2 Å². The Balaban J connectivity index is -0.000000136. The molecule has 0 aliphatic rings. The Labute approximate surface area is 270 Å². The van der Waals surface area contributed by atoms with Gasteiger partial charge in [-0.1, -0.05) is 101 Å². The lowest BCUT2D eigenvalue weighted by Crippen LogP contribution is -2.24. The number of aromatic nitrogens is 9. The summed E-state index contributed by atoms with van der Waals surface area (Å²) >= 11 is 0. The highest BCUT2D eigenvalue weighted by Gasteiger charge is 2.27. The molecule has 0 radical (unpaired) electrons. The predicted molar refractivity (Wildman–Crippen MR) is 184 cm³/mol. The van der Waals surface area contributed by atoms with Gasteiger partial charge in [-0.15, -0.1) is 0 Å². The fourth-order valence-electron chi connectivity index (χ4n) is 3.34. The summed E-state index contributed by atoms with van der Waals surface area (Å²) in [4.78, 5) is 0. The number of nitrogens with one attached hydrogen (secondary N) is 3. The highest BCUT2D eigenvalue weighted by atomic mass is 16.5. The molecule has 0 saturated carbocycles. The van der Waals surface area contributed by atoms with E-state index in [0.29, 0.717) is 5.41 Å². The summed E-state index contributed by atoms with van der Waals surface area (Å²) in [7, 11) is 5.20. The fraction of sp³-hybridized carbons (Fsp3) is 0.812. The molecule has 0 aliphatic heterocycles. The first-order chi connectivity index (χ1) is 20.9. The van der Waals surface area contributed by atoms with Crippen molar-refractivity contribution in [2.45, 2.75) is 121 Å². The van der Waals surface area contributed by atoms with E-state index >= 15 is 0 Å². The van der Waals surface area contributed by atoms with E-state index in [1.165, 1.54) is 57.8 Å². The molecule has 3 rings (SSSR count). The van der Waals surface area contributed by atoms with E-state index in [-0.39, 0.29) is 7.43 Å². The van der Waals surface area contributed by atoms with Crippen LogP contribution in [0, 0.1) is 11.3 Å². The smallest absolute Gasteiger partial charge is 0.0690 e. The fourth-order valence-corrected chi connectivity index (χ4v) is 3.34. The van der Waals surface area contributed by atoms with Crippen LogP contribution in [-0.2, 0) is 14.2 Å². The summed E-state index contributed by atoms with van der Waals surface area (Å²) in [5.41, 5.74) is 0.625. The minimum Gasteiger partial charge on any atom is -0.385 e. The summed E-state index contributed by atoms with van der Waals surface area (Å²) in [6, 6.07) is 0. The number of rotatable bonds is 13. The summed E-state index contributed by atoms with van der Waals surface area (Å²) in [6.45, 7) is 20.8. The van der Waals surface area contributed by atoms with Gasteiger partial charge in [0.15, 0.2) is 0 Å². The van der Waals surface area contributed by atoms with Gasteiger partial charge in [0.25, 0.3) is 0 Å². The van der Waals surface area contributed by atoms with Gasteiger partial charge in [0, 0.05) is 41.2 Å². The standard InChI is InChI=1S/C10H22.3C5H12O.3C2H3N3.CH4/c1-6-10(7-2,8-3)9(4)5;3*1-3-4-5-6-2;3*1-2-4-5-3-1;/h9H,6-8H2,1-5H3;3*3-5H2,1-2H3;3*1-2H,(H,3,4,5);1H4. The van der Waals surface area contributed by atoms with Gasteiger partial charge in [0.2, 0.25) is 0 Å². The molecule has 3 aromatic rings. The molecular formula is C32H71N9O3. The molecule has 0 aromatic carbocycles. The van der Waals surface area contributed by atoms with Crippen LogP contribution >= 0.6 is 0 Å². The first-order valence-electron chi connectivity index (χ1n) is 15.7. The Morgan fingerprint density at radius 2 is 0.727 bits per heavy atom. The lowest BCUT2D eigenvalue weighted by Gasteiger charge is -2.34. The van der Waals surface area contributed by atoms with Crippen LogP contribution in [0.3, 0.4) is 0 Å². The SMILES string of the molecule is C.CCC(CC)(CC)C(C)C.CCCCOC.CCCCOC.CCCCOC.c1cn[nH]n1.c1cn[nH]n1.c1cn[nH]n1. The highest BCUT2D eigenvalue weighted by Crippen LogP contribution is 2.37. The zero-order valence-electron chi connectivity index (χ0n) is 29.4. The zero-order valence-corrected chi connectivity index (χ0v) is 29.4. The van der Waals surface area contributed by atoms with Gasteiger partial charge in [0.1, 0.15) is 0 Å². The summed E-state index contributed by atoms with van der Waals surface area (Å²) in [6.07, 6.45) is 20.8. The molecule has 12 heteroatoms. The van der Waals surface area contributed by atoms with Crippen molar-refractivity contribution >= 4 is 0 Å². The van der Waals surface area contributed by atoms with E-state index in [0.717, 1.165) is 25.7 Å². The van der Waals surface area contributed by atoms with Crippen LogP contribution in [0.4, 0.5) is 0 Å². The Hall–Kier alpha value is -2.70. The minimum atomic E-state index is 0. The number of aromatic amines is 3. The van der Waals surface area contributed by atoms with Gasteiger partial charge in [-0.25, -0.2) is 0 Å². The van der Waals surface area contributed by atoms with E-state index < -0.39 is 0 Å². The third-order valence-corrected chi connectivity index (χ3v) is 6.44. The third kappa shape index (κ3) is 43.7. The van der Waals surface area contributed by atoms with Crippen molar-refractivity contribution in [1.29, 1.82) is 0 Å². The molecule has 0 saturated heterocycles. The number of unbranched alkanes of at least 4 members (excludes halogenated alkanes) is 3. The number of ether oxygens (including phenoxy) is 3. The second-order valence-corrected chi connectivity index (χ2v) is 9.59. The summed E-state index contributed by atoms with van der Waals surface area (Å²) in [5, 5.41) is 28.0. The lowest BCUT2D eigenvalue weighted by atomic mass is 9.71. The molecule has 0 spiro atoms. The molecule has 12 nitrogen and oxygen atoms in total. The third-order valence-electron chi connectivity index (χ3n) is 6.44. The Morgan fingerprint density at radius 3 is 0.773 bits per heavy atom. The van der Waals surface area contributed by atoms with E-state index in [9.17, 15) is 0 Å².